The van der Waals surface area contributed by atoms with E-state index in [9.17, 15) is 79.8 Å². The number of aromatic hydroxyl groups is 2. The predicted molar refractivity (Wildman–Crippen MR) is 235 cm³/mol. The summed E-state index contributed by atoms with van der Waals surface area (Å²) in [6.07, 6.45) is -3.14. The van der Waals surface area contributed by atoms with Gasteiger partial charge in [-0.15, -0.1) is 0 Å². The number of aliphatic hydroxyl groups excluding tert-OH is 7. The Bertz CT molecular complexity index is 2490. The molecule has 70 heavy (non-hydrogen) atoms. The van der Waals surface area contributed by atoms with E-state index in [0.717, 1.165) is 0 Å². The molecule has 6 aliphatic rings. The van der Waals surface area contributed by atoms with Crippen LogP contribution in [0.2, 0.25) is 0 Å². The fraction of sp³-hybridized carbons (Fsp3) is 0.435. The number of halogens is 2. The van der Waals surface area contributed by atoms with Crippen LogP contribution in [0.1, 0.15) is 54.9 Å². The third-order valence-corrected chi connectivity index (χ3v) is 14.2. The summed E-state index contributed by atoms with van der Waals surface area (Å²) in [5.41, 5.74) is 3.08. The average Bonchev–Trinajstić information content (AvgIpc) is 3.23. The van der Waals surface area contributed by atoms with E-state index in [2.05, 4.69) is 0 Å². The first-order valence-corrected chi connectivity index (χ1v) is 21.3. The van der Waals surface area contributed by atoms with Crippen molar-refractivity contribution in [2.24, 2.45) is 35.1 Å². The Kier molecular flexibility index (Phi) is 17.0. The molecule has 2 saturated carbocycles. The van der Waals surface area contributed by atoms with Crippen molar-refractivity contribution < 1.29 is 125 Å². The van der Waals surface area contributed by atoms with E-state index in [1.54, 1.807) is 73.2 Å². The van der Waals surface area contributed by atoms with Gasteiger partial charge in [-0.2, -0.15) is 0 Å². The molecule has 2 fully saturated rings. The lowest BCUT2D eigenvalue weighted by Crippen LogP contribution is -3.13. The molecule has 2 aromatic carbocycles. The van der Waals surface area contributed by atoms with Crippen LogP contribution in [-0.4, -0.2) is 167 Å². The van der Waals surface area contributed by atoms with Crippen molar-refractivity contribution in [3.8, 4) is 11.5 Å². The van der Waals surface area contributed by atoms with Crippen LogP contribution in [0.4, 0.5) is 0 Å². The smallest absolute Gasteiger partial charge is 0.256 e. The van der Waals surface area contributed by atoms with E-state index in [0.29, 0.717) is 20.9 Å². The number of phenols is 2. The number of carbonyl (C=O) groups excluding carboxylic acids is 6. The maximum atomic E-state index is 13.7. The van der Waals surface area contributed by atoms with Gasteiger partial charge in [-0.25, -0.2) is 0 Å². The fourth-order valence-corrected chi connectivity index (χ4v) is 11.3. The largest absolute Gasteiger partial charge is 1.00 e. The Morgan fingerprint density at radius 3 is 1.16 bits per heavy atom. The number of Topliss-reactive ketones (excluding diaryl/α,β-unsaturated/α-hetero) is 4. The van der Waals surface area contributed by atoms with Crippen molar-refractivity contribution in [3.05, 3.63) is 92.5 Å². The van der Waals surface area contributed by atoms with Crippen molar-refractivity contribution in [1.29, 1.82) is 0 Å². The molecule has 22 nitrogen and oxygen atoms in total. The number of nitrogens with two attached hydrogens (primary N) is 2. The van der Waals surface area contributed by atoms with Gasteiger partial charge in [-0.05, 0) is 42.0 Å². The van der Waals surface area contributed by atoms with Gasteiger partial charge in [0.15, 0.2) is 23.3 Å². The van der Waals surface area contributed by atoms with E-state index in [1.165, 1.54) is 12.1 Å². The van der Waals surface area contributed by atoms with Gasteiger partial charge < -0.3 is 108 Å². The highest BCUT2D eigenvalue weighted by Gasteiger charge is 2.71. The van der Waals surface area contributed by atoms with Gasteiger partial charge in [-0.1, -0.05) is 38.1 Å². The number of benzene rings is 2. The number of phenolic OH excluding ortho intramolecular Hbond substituents is 2. The molecular weight excluding hydrogens is 967 g/mol. The molecule has 0 saturated heterocycles. The second-order valence-electron chi connectivity index (χ2n) is 18.2. The van der Waals surface area contributed by atoms with E-state index >= 15 is 0 Å². The van der Waals surface area contributed by atoms with Crippen LogP contribution in [0.15, 0.2) is 70.2 Å². The highest BCUT2D eigenvalue weighted by molar-refractivity contribution is 6.25. The third-order valence-electron chi connectivity index (χ3n) is 14.2. The summed E-state index contributed by atoms with van der Waals surface area (Å²) in [7, 11) is 6.17. The Hall–Kier alpha value is -5.92. The molecule has 0 bridgehead atoms. The predicted octanol–water partition coefficient (Wildman–Crippen LogP) is -10.7. The number of hydrogen-bond acceptors (Lipinski definition) is 17. The first-order valence-electron chi connectivity index (χ1n) is 21.3. The van der Waals surface area contributed by atoms with Crippen LogP contribution in [0.3, 0.4) is 0 Å². The molecule has 12 atom stereocenters. The number of rotatable bonds is 4. The molecule has 2 amide bonds. The lowest BCUT2D eigenvalue weighted by molar-refractivity contribution is -0.881. The first-order chi connectivity index (χ1) is 31.1. The SMILES string of the molecule is CCO.C[C@H]1c2cccc(O)c2C(O)=C2C(=O)[C@]3(O)C(O)=C(C(N)=O)C(=O)[C@@H]([NH+](C)C)C3C(O)[C@@H]21.C[C@H]1c2cccc(O)c2C(O)=C2C(=O)[C@]3(O)C(O)=C(C(N)=O)C(=O)[C@@H]([NH+](C)C)[C@@H]3[C@@H](O)[C@@H]21.O.[Cl-].[Cl-]. The molecule has 6 aliphatic carbocycles. The third kappa shape index (κ3) is 8.01. The summed E-state index contributed by atoms with van der Waals surface area (Å²) in [6, 6.07) is 6.45. The zero-order chi connectivity index (χ0) is 50.4. The van der Waals surface area contributed by atoms with Gasteiger partial charge in [-0.3, -0.25) is 28.8 Å². The summed E-state index contributed by atoms with van der Waals surface area (Å²) in [5, 5.41) is 117. The number of aliphatic hydroxyl groups is 9. The van der Waals surface area contributed by atoms with Crippen molar-refractivity contribution in [2.45, 2.75) is 68.1 Å². The Morgan fingerprint density at radius 1 is 0.614 bits per heavy atom. The molecule has 0 radical (unpaired) electrons. The zero-order valence-corrected chi connectivity index (χ0v) is 40.2. The highest BCUT2D eigenvalue weighted by Crippen LogP contribution is 2.57. The van der Waals surface area contributed by atoms with Crippen LogP contribution in [0.25, 0.3) is 11.5 Å². The van der Waals surface area contributed by atoms with Gasteiger partial charge in [0.2, 0.25) is 23.1 Å². The summed E-state index contributed by atoms with van der Waals surface area (Å²) in [6.45, 7) is 5.30. The minimum Gasteiger partial charge on any atom is -1.00 e. The minimum absolute atomic E-state index is 0. The van der Waals surface area contributed by atoms with Crippen LogP contribution < -0.4 is 46.1 Å². The second kappa shape index (κ2) is 20.4. The number of hydrogen-bond donors (Lipinski definition) is 15. The lowest BCUT2D eigenvalue weighted by atomic mass is 9.54. The van der Waals surface area contributed by atoms with Crippen molar-refractivity contribution in [2.75, 3.05) is 34.8 Å². The number of carbonyl (C=O) groups is 6. The van der Waals surface area contributed by atoms with E-state index in [4.69, 9.17) is 16.6 Å². The number of amides is 2. The molecule has 2 unspecified atom stereocenters. The minimum atomic E-state index is -2.87. The topological polar surface area (TPSA) is 417 Å². The average molecular weight is 1030 g/mol. The molecule has 0 spiro atoms. The quantitative estimate of drug-likeness (QED) is 0.126. The van der Waals surface area contributed by atoms with Gasteiger partial charge >= 0.3 is 0 Å². The van der Waals surface area contributed by atoms with Gasteiger partial charge in [0, 0.05) is 29.6 Å². The second-order valence-corrected chi connectivity index (χ2v) is 18.2. The molecule has 19 N–H and O–H groups in total. The normalized spacial score (nSPS) is 31.7. The van der Waals surface area contributed by atoms with Gasteiger partial charge in [0.05, 0.1) is 63.4 Å². The van der Waals surface area contributed by atoms with Gasteiger partial charge in [0.25, 0.3) is 11.8 Å². The Labute approximate surface area is 412 Å². The molecule has 24 heteroatoms. The van der Waals surface area contributed by atoms with Gasteiger partial charge in [0.1, 0.15) is 45.7 Å². The fourth-order valence-electron chi connectivity index (χ4n) is 11.3. The van der Waals surface area contributed by atoms with Crippen LogP contribution >= 0.6 is 0 Å². The lowest BCUT2D eigenvalue weighted by Gasteiger charge is -2.52. The molecular formula is C46H58Cl2N4O18. The molecule has 0 aromatic heterocycles. The van der Waals surface area contributed by atoms with Crippen molar-refractivity contribution in [3.63, 3.8) is 0 Å². The molecule has 0 aliphatic heterocycles. The number of likely N-dealkylation sites (N-methyl/N-ethyl adjacent to an activating group) is 2. The van der Waals surface area contributed by atoms with Crippen LogP contribution in [0.5, 0.6) is 11.5 Å². The Morgan fingerprint density at radius 2 is 0.900 bits per heavy atom. The summed E-state index contributed by atoms with van der Waals surface area (Å²) >= 11 is 0. The first kappa shape index (κ1) is 58.4. The highest BCUT2D eigenvalue weighted by atomic mass is 35.5. The molecule has 0 heterocycles. The standard InChI is InChI=1S/2C22H24N2O8.C2H6O.2ClH.H2O/c2*1-7-8-5-4-6-9(25)11(8)16(26)12-10(7)17(27)14-15(24(2)3)18(28)13(21(23)31)20(30)22(14,32)19(12)29;1-2-3;;;/h2*4-7,10,14-15,17,25-27,30,32H,1-3H3,(H2,23,31);3H,2H2,1H3;2*1H;1H2/t7-,10+,14?,15-,17?,22-;7-,10+,14+,15-,17-,22-;;;;/m00..../s1. The van der Waals surface area contributed by atoms with Crippen LogP contribution in [0, 0.1) is 23.7 Å². The maximum absolute atomic E-state index is 13.7. The summed E-state index contributed by atoms with van der Waals surface area (Å²) in [4.78, 5) is 78.1. The number of fused-ring (bicyclic) bond motifs is 6. The van der Waals surface area contributed by atoms with E-state index < -0.39 is 151 Å². The maximum Gasteiger partial charge on any atom is 0.256 e. The summed E-state index contributed by atoms with van der Waals surface area (Å²) in [5.74, 6) is -17.4. The monoisotopic (exact) mass is 1020 g/mol. The summed E-state index contributed by atoms with van der Waals surface area (Å²) < 4.78 is 0. The Balaban J connectivity index is 0.000000337. The van der Waals surface area contributed by atoms with E-state index in [-0.39, 0.29) is 59.5 Å². The van der Waals surface area contributed by atoms with Crippen molar-refractivity contribution in [1.82, 2.24) is 0 Å². The molecule has 8 rings (SSSR count). The number of primary amides is 2. The number of nitrogens with one attached hydrogen (secondary N) is 2. The number of ketones is 4. The zero-order valence-electron chi connectivity index (χ0n) is 38.7. The number of quaternary nitrogens is 2. The van der Waals surface area contributed by atoms with Crippen LogP contribution in [-0.2, 0) is 28.8 Å². The van der Waals surface area contributed by atoms with Crippen molar-refractivity contribution >= 4 is 46.5 Å². The molecule has 2 aromatic rings. The van der Waals surface area contributed by atoms with E-state index in [1.807, 2.05) is 0 Å². The molecule has 384 valence electrons.